The van der Waals surface area contributed by atoms with Crippen LogP contribution in [0.2, 0.25) is 0 Å². The van der Waals surface area contributed by atoms with Gasteiger partial charge < -0.3 is 19.6 Å². The van der Waals surface area contributed by atoms with E-state index in [0.717, 1.165) is 61.1 Å². The van der Waals surface area contributed by atoms with Crippen LogP contribution in [-0.4, -0.2) is 60.9 Å². The molecule has 28 heavy (non-hydrogen) atoms. The van der Waals surface area contributed by atoms with Crippen LogP contribution in [0, 0.1) is 11.8 Å². The largest absolute Gasteiger partial charge is 0.497 e. The Balaban J connectivity index is 1.76. The topological polar surface area (TPSA) is 74.8 Å². The minimum Gasteiger partial charge on any atom is -0.497 e. The highest BCUT2D eigenvalue weighted by Crippen LogP contribution is 2.55. The molecule has 6 heteroatoms. The zero-order valence-corrected chi connectivity index (χ0v) is 16.5. The molecule has 0 spiro atoms. The average molecular weight is 384 g/mol. The quantitative estimate of drug-likeness (QED) is 0.791. The molecular weight excluding hydrogens is 356 g/mol. The van der Waals surface area contributed by atoms with Crippen molar-refractivity contribution in [1.82, 2.24) is 9.88 Å². The maximum atomic E-state index is 13.4. The number of esters is 1. The number of aliphatic hydroxyl groups excluding tert-OH is 1. The van der Waals surface area contributed by atoms with Gasteiger partial charge in [0.25, 0.3) is 0 Å². The van der Waals surface area contributed by atoms with Gasteiger partial charge in [0.15, 0.2) is 0 Å². The van der Waals surface area contributed by atoms with Gasteiger partial charge in [-0.05, 0) is 61.3 Å². The number of benzene rings is 1. The second-order valence-electron chi connectivity index (χ2n) is 8.62. The Morgan fingerprint density at radius 3 is 3.00 bits per heavy atom. The number of piperidine rings is 2. The summed E-state index contributed by atoms with van der Waals surface area (Å²) in [5.74, 6) is 1.45. The van der Waals surface area contributed by atoms with Crippen LogP contribution in [0.5, 0.6) is 5.75 Å². The van der Waals surface area contributed by atoms with Gasteiger partial charge in [0.05, 0.1) is 14.2 Å². The van der Waals surface area contributed by atoms with Crippen LogP contribution in [0.25, 0.3) is 10.9 Å². The Kier molecular flexibility index (Phi) is 4.18. The molecule has 5 atom stereocenters. The third-order valence-electron chi connectivity index (χ3n) is 7.34. The monoisotopic (exact) mass is 384 g/mol. The summed E-state index contributed by atoms with van der Waals surface area (Å²) in [5.41, 5.74) is 2.61. The molecule has 1 aromatic carbocycles. The first-order chi connectivity index (χ1) is 13.6. The summed E-state index contributed by atoms with van der Waals surface area (Å²) < 4.78 is 10.9. The molecule has 150 valence electrons. The number of hydrogen-bond donors (Lipinski definition) is 2. The number of aromatic amines is 1. The van der Waals surface area contributed by atoms with E-state index in [9.17, 15) is 9.90 Å². The number of nitrogens with zero attached hydrogens (tertiary/aromatic N) is 1. The molecule has 4 aliphatic rings. The minimum absolute atomic E-state index is 0.0771. The van der Waals surface area contributed by atoms with E-state index in [1.54, 1.807) is 7.11 Å². The van der Waals surface area contributed by atoms with Crippen molar-refractivity contribution in [2.24, 2.45) is 11.8 Å². The van der Waals surface area contributed by atoms with Crippen LogP contribution >= 0.6 is 0 Å². The number of aromatic nitrogens is 1. The van der Waals surface area contributed by atoms with E-state index in [-0.39, 0.29) is 18.6 Å². The zero-order chi connectivity index (χ0) is 19.5. The SMILES string of the molecule is COC(=O)C12C[C@@H]3CC(CCO)C1N(CCc1c2[nH]c2ccc(OC)cc12)C3. The highest BCUT2D eigenvalue weighted by atomic mass is 16.5. The molecule has 4 unspecified atom stereocenters. The van der Waals surface area contributed by atoms with Crippen LogP contribution in [0.1, 0.15) is 30.5 Å². The molecule has 2 saturated heterocycles. The van der Waals surface area contributed by atoms with Gasteiger partial charge in [-0.3, -0.25) is 9.69 Å². The van der Waals surface area contributed by atoms with Crippen LogP contribution in [0.3, 0.4) is 0 Å². The third-order valence-corrected chi connectivity index (χ3v) is 7.34. The van der Waals surface area contributed by atoms with Gasteiger partial charge in [-0.1, -0.05) is 0 Å². The van der Waals surface area contributed by atoms with Gasteiger partial charge in [0.1, 0.15) is 11.2 Å². The maximum absolute atomic E-state index is 13.4. The molecule has 1 aromatic heterocycles. The Bertz CT molecular complexity index is 923. The lowest BCUT2D eigenvalue weighted by atomic mass is 9.56. The van der Waals surface area contributed by atoms with E-state index >= 15 is 0 Å². The number of carbonyl (C=O) groups excluding carboxylic acids is 1. The molecule has 6 rings (SSSR count). The average Bonchev–Trinajstić information content (AvgIpc) is 3.05. The standard InChI is InChI=1S/C22H28N2O4/c1-27-15-3-4-18-17(10-15)16-5-7-24-12-13-9-14(6-8-25)20(24)22(11-13,19(16)23-18)21(26)28-2/h3-4,10,13-14,20,23,25H,5-9,11-12H2,1-2H3/t13-,14?,20?,22?/m0/s1. The van der Waals surface area contributed by atoms with E-state index in [0.29, 0.717) is 11.8 Å². The summed E-state index contributed by atoms with van der Waals surface area (Å²) in [6, 6.07) is 6.14. The van der Waals surface area contributed by atoms with Gasteiger partial charge in [-0.15, -0.1) is 0 Å². The first-order valence-corrected chi connectivity index (χ1v) is 10.2. The Hall–Kier alpha value is -2.05. The van der Waals surface area contributed by atoms with Crippen LogP contribution in [-0.2, 0) is 21.4 Å². The molecule has 2 N–H and O–H groups in total. The van der Waals surface area contributed by atoms with Crippen molar-refractivity contribution in [2.75, 3.05) is 33.9 Å². The second-order valence-corrected chi connectivity index (χ2v) is 8.62. The lowest BCUT2D eigenvalue weighted by molar-refractivity contribution is -0.162. The summed E-state index contributed by atoms with van der Waals surface area (Å²) in [7, 11) is 3.18. The van der Waals surface area contributed by atoms with E-state index in [4.69, 9.17) is 9.47 Å². The fourth-order valence-corrected chi connectivity index (χ4v) is 6.47. The molecule has 0 radical (unpaired) electrons. The number of methoxy groups -OCH3 is 2. The molecule has 1 aliphatic carbocycles. The molecule has 3 fully saturated rings. The zero-order valence-electron chi connectivity index (χ0n) is 16.5. The Morgan fingerprint density at radius 2 is 2.25 bits per heavy atom. The molecule has 3 aliphatic heterocycles. The number of aliphatic hydroxyl groups is 1. The first-order valence-electron chi connectivity index (χ1n) is 10.2. The molecule has 6 nitrogen and oxygen atoms in total. The Labute approximate surface area is 164 Å². The number of carbonyl (C=O) groups is 1. The van der Waals surface area contributed by atoms with Crippen molar-refractivity contribution in [3.8, 4) is 5.75 Å². The highest BCUT2D eigenvalue weighted by Gasteiger charge is 2.62. The number of H-pyrrole nitrogens is 1. The Morgan fingerprint density at radius 1 is 1.39 bits per heavy atom. The maximum Gasteiger partial charge on any atom is 0.319 e. The van der Waals surface area contributed by atoms with E-state index in [2.05, 4.69) is 16.0 Å². The molecule has 4 bridgehead atoms. The first kappa shape index (κ1) is 18.0. The number of ether oxygens (including phenoxy) is 2. The van der Waals surface area contributed by atoms with Crippen molar-refractivity contribution in [2.45, 2.75) is 37.1 Å². The number of fused-ring (bicyclic) bond motifs is 4. The summed E-state index contributed by atoms with van der Waals surface area (Å²) in [5, 5.41) is 10.8. The van der Waals surface area contributed by atoms with Gasteiger partial charge in [0, 0.05) is 42.3 Å². The van der Waals surface area contributed by atoms with Crippen molar-refractivity contribution in [3.05, 3.63) is 29.5 Å². The predicted octanol–water partition coefficient (Wildman–Crippen LogP) is 2.24. The molecule has 4 heterocycles. The molecule has 0 amide bonds. The van der Waals surface area contributed by atoms with Gasteiger partial charge in [-0.2, -0.15) is 0 Å². The predicted molar refractivity (Wildman–Crippen MR) is 106 cm³/mol. The lowest BCUT2D eigenvalue weighted by Crippen LogP contribution is -2.67. The fourth-order valence-electron chi connectivity index (χ4n) is 6.47. The fraction of sp³-hybridized carbons (Fsp3) is 0.591. The number of hydrogen-bond acceptors (Lipinski definition) is 5. The minimum atomic E-state index is -0.687. The normalized spacial score (nSPS) is 33.4. The summed E-state index contributed by atoms with van der Waals surface area (Å²) >= 11 is 0. The molecular formula is C22H28N2O4. The van der Waals surface area contributed by atoms with Gasteiger partial charge in [0.2, 0.25) is 0 Å². The smallest absolute Gasteiger partial charge is 0.319 e. The highest BCUT2D eigenvalue weighted by molar-refractivity contribution is 5.92. The van der Waals surface area contributed by atoms with Crippen molar-refractivity contribution < 1.29 is 19.4 Å². The van der Waals surface area contributed by atoms with Crippen LogP contribution in [0.15, 0.2) is 18.2 Å². The third kappa shape index (κ3) is 2.31. The van der Waals surface area contributed by atoms with Crippen molar-refractivity contribution in [3.63, 3.8) is 0 Å². The van der Waals surface area contributed by atoms with E-state index in [1.165, 1.54) is 12.7 Å². The summed E-state index contributed by atoms with van der Waals surface area (Å²) in [4.78, 5) is 19.5. The summed E-state index contributed by atoms with van der Waals surface area (Å²) in [6.45, 7) is 2.13. The lowest BCUT2D eigenvalue weighted by Gasteiger charge is -2.57. The van der Waals surface area contributed by atoms with E-state index < -0.39 is 5.41 Å². The van der Waals surface area contributed by atoms with Crippen molar-refractivity contribution >= 4 is 16.9 Å². The van der Waals surface area contributed by atoms with E-state index in [1.807, 2.05) is 12.1 Å². The molecule has 1 saturated carbocycles. The number of rotatable bonds is 4. The van der Waals surface area contributed by atoms with Crippen LogP contribution < -0.4 is 4.74 Å². The second kappa shape index (κ2) is 6.49. The number of nitrogens with one attached hydrogen (secondary N) is 1. The van der Waals surface area contributed by atoms with Crippen LogP contribution in [0.4, 0.5) is 0 Å². The van der Waals surface area contributed by atoms with Gasteiger partial charge in [-0.25, -0.2) is 0 Å². The van der Waals surface area contributed by atoms with Crippen molar-refractivity contribution in [1.29, 1.82) is 0 Å². The van der Waals surface area contributed by atoms with Gasteiger partial charge >= 0.3 is 5.97 Å². The summed E-state index contributed by atoms with van der Waals surface area (Å²) in [6.07, 6.45) is 3.54. The molecule has 2 aromatic rings.